The molecule has 0 aliphatic heterocycles. The van der Waals surface area contributed by atoms with Crippen molar-refractivity contribution in [2.75, 3.05) is 21.3 Å². The molecule has 1 aromatic rings. The number of methoxy groups -OCH3 is 2. The van der Waals surface area contributed by atoms with Crippen molar-refractivity contribution in [2.24, 2.45) is 5.73 Å². The number of nitrogens with one attached hydrogen (secondary N) is 1. The third-order valence-electron chi connectivity index (χ3n) is 3.08. The molecule has 0 aromatic heterocycles. The zero-order chi connectivity index (χ0) is 13.5. The first-order valence-electron chi connectivity index (χ1n) is 6.27. The molecule has 102 valence electrons. The molecule has 2 unspecified atom stereocenters. The molecule has 0 amide bonds. The summed E-state index contributed by atoms with van der Waals surface area (Å²) in [6.45, 7) is 2.03. The molecule has 0 saturated heterocycles. The highest BCUT2D eigenvalue weighted by Gasteiger charge is 2.15. The van der Waals surface area contributed by atoms with Crippen molar-refractivity contribution < 1.29 is 9.47 Å². The van der Waals surface area contributed by atoms with Crippen LogP contribution in [0.25, 0.3) is 0 Å². The minimum absolute atomic E-state index is 0.213. The van der Waals surface area contributed by atoms with E-state index in [1.54, 1.807) is 14.2 Å². The van der Waals surface area contributed by atoms with Crippen LogP contribution < -0.4 is 20.5 Å². The quantitative estimate of drug-likeness (QED) is 0.780. The first-order chi connectivity index (χ1) is 8.62. The van der Waals surface area contributed by atoms with E-state index in [1.165, 1.54) is 0 Å². The Morgan fingerprint density at radius 3 is 2.44 bits per heavy atom. The van der Waals surface area contributed by atoms with Crippen molar-refractivity contribution >= 4 is 0 Å². The van der Waals surface area contributed by atoms with Crippen molar-refractivity contribution in [1.29, 1.82) is 0 Å². The lowest BCUT2D eigenvalue weighted by Gasteiger charge is -2.20. The first kappa shape index (κ1) is 14.8. The summed E-state index contributed by atoms with van der Waals surface area (Å²) in [5, 5.41) is 3.31. The Balaban J connectivity index is 2.90. The van der Waals surface area contributed by atoms with Gasteiger partial charge < -0.3 is 20.5 Å². The predicted octanol–water partition coefficient (Wildman–Crippen LogP) is 2.09. The molecule has 0 fully saturated rings. The zero-order valence-electron chi connectivity index (χ0n) is 11.7. The van der Waals surface area contributed by atoms with Gasteiger partial charge in [0.25, 0.3) is 0 Å². The van der Waals surface area contributed by atoms with Crippen LogP contribution in [0.3, 0.4) is 0 Å². The highest BCUT2D eigenvalue weighted by atomic mass is 16.5. The summed E-state index contributed by atoms with van der Waals surface area (Å²) in [7, 11) is 5.28. The monoisotopic (exact) mass is 252 g/mol. The molecule has 4 heteroatoms. The summed E-state index contributed by atoms with van der Waals surface area (Å²) >= 11 is 0. The first-order valence-corrected chi connectivity index (χ1v) is 6.27. The van der Waals surface area contributed by atoms with Crippen LogP contribution in [-0.4, -0.2) is 27.3 Å². The Morgan fingerprint density at radius 1 is 1.22 bits per heavy atom. The topological polar surface area (TPSA) is 56.5 Å². The van der Waals surface area contributed by atoms with Crippen molar-refractivity contribution in [2.45, 2.75) is 31.8 Å². The van der Waals surface area contributed by atoms with Gasteiger partial charge in [-0.05, 0) is 32.9 Å². The number of benzene rings is 1. The van der Waals surface area contributed by atoms with Crippen LogP contribution in [-0.2, 0) is 0 Å². The van der Waals surface area contributed by atoms with Gasteiger partial charge in [0, 0.05) is 23.7 Å². The lowest BCUT2D eigenvalue weighted by Crippen LogP contribution is -2.22. The summed E-state index contributed by atoms with van der Waals surface area (Å²) < 4.78 is 10.6. The van der Waals surface area contributed by atoms with Crippen LogP contribution in [0.15, 0.2) is 18.2 Å². The van der Waals surface area contributed by atoms with Gasteiger partial charge in [-0.15, -0.1) is 0 Å². The normalized spacial score (nSPS) is 14.1. The van der Waals surface area contributed by atoms with Crippen LogP contribution in [0.2, 0.25) is 0 Å². The van der Waals surface area contributed by atoms with Gasteiger partial charge in [-0.1, -0.05) is 6.07 Å². The summed E-state index contributed by atoms with van der Waals surface area (Å²) in [6.07, 6.45) is 1.96. The van der Waals surface area contributed by atoms with Crippen LogP contribution >= 0.6 is 0 Å². The van der Waals surface area contributed by atoms with E-state index in [-0.39, 0.29) is 12.1 Å². The fraction of sp³-hybridized carbons (Fsp3) is 0.571. The van der Waals surface area contributed by atoms with Gasteiger partial charge >= 0.3 is 0 Å². The number of ether oxygens (including phenoxy) is 2. The van der Waals surface area contributed by atoms with Gasteiger partial charge in [0.2, 0.25) is 0 Å². The van der Waals surface area contributed by atoms with E-state index in [0.29, 0.717) is 0 Å². The Morgan fingerprint density at radius 2 is 1.94 bits per heavy atom. The molecule has 0 aliphatic carbocycles. The maximum atomic E-state index is 5.81. The second-order valence-electron chi connectivity index (χ2n) is 4.50. The van der Waals surface area contributed by atoms with Crippen molar-refractivity contribution in [3.63, 3.8) is 0 Å². The van der Waals surface area contributed by atoms with Gasteiger partial charge in [-0.25, -0.2) is 0 Å². The van der Waals surface area contributed by atoms with Crippen molar-refractivity contribution in [1.82, 2.24) is 5.32 Å². The molecular formula is C14H24N2O2. The Hall–Kier alpha value is -1.26. The van der Waals surface area contributed by atoms with E-state index >= 15 is 0 Å². The standard InChI is InChI=1S/C14H24N2O2/c1-10(15)5-8-13(16-2)12-7-6-11(17-3)9-14(12)18-4/h6-7,9-10,13,16H,5,8,15H2,1-4H3. The van der Waals surface area contributed by atoms with E-state index in [2.05, 4.69) is 5.32 Å². The summed E-state index contributed by atoms with van der Waals surface area (Å²) in [4.78, 5) is 0. The summed E-state index contributed by atoms with van der Waals surface area (Å²) in [5.41, 5.74) is 6.95. The molecule has 0 radical (unpaired) electrons. The average molecular weight is 252 g/mol. The minimum atomic E-state index is 0.213. The molecule has 2 atom stereocenters. The van der Waals surface area contributed by atoms with Crippen molar-refractivity contribution in [3.05, 3.63) is 23.8 Å². The smallest absolute Gasteiger partial charge is 0.127 e. The predicted molar refractivity (Wildman–Crippen MR) is 74.2 cm³/mol. The molecular weight excluding hydrogens is 228 g/mol. The number of rotatable bonds is 7. The zero-order valence-corrected chi connectivity index (χ0v) is 11.7. The van der Waals surface area contributed by atoms with E-state index in [4.69, 9.17) is 15.2 Å². The lowest BCUT2D eigenvalue weighted by molar-refractivity contribution is 0.382. The second kappa shape index (κ2) is 7.24. The molecule has 0 aliphatic rings. The van der Waals surface area contributed by atoms with E-state index < -0.39 is 0 Å². The van der Waals surface area contributed by atoms with Crippen LogP contribution in [0.1, 0.15) is 31.4 Å². The van der Waals surface area contributed by atoms with Crippen LogP contribution in [0.5, 0.6) is 11.5 Å². The van der Waals surface area contributed by atoms with E-state index in [9.17, 15) is 0 Å². The molecule has 18 heavy (non-hydrogen) atoms. The molecule has 0 bridgehead atoms. The number of hydrogen-bond donors (Lipinski definition) is 2. The molecule has 3 N–H and O–H groups in total. The maximum Gasteiger partial charge on any atom is 0.127 e. The highest BCUT2D eigenvalue weighted by Crippen LogP contribution is 2.31. The highest BCUT2D eigenvalue weighted by molar-refractivity contribution is 5.42. The van der Waals surface area contributed by atoms with Gasteiger partial charge in [0.1, 0.15) is 11.5 Å². The van der Waals surface area contributed by atoms with Crippen LogP contribution in [0.4, 0.5) is 0 Å². The summed E-state index contributed by atoms with van der Waals surface area (Å²) in [6, 6.07) is 6.36. The van der Waals surface area contributed by atoms with Gasteiger partial charge in [0.15, 0.2) is 0 Å². The second-order valence-corrected chi connectivity index (χ2v) is 4.50. The molecule has 0 spiro atoms. The molecule has 1 aromatic carbocycles. The van der Waals surface area contributed by atoms with Crippen molar-refractivity contribution in [3.8, 4) is 11.5 Å². The molecule has 0 saturated carbocycles. The third kappa shape index (κ3) is 3.89. The number of hydrogen-bond acceptors (Lipinski definition) is 4. The van der Waals surface area contributed by atoms with Gasteiger partial charge in [-0.3, -0.25) is 0 Å². The fourth-order valence-electron chi connectivity index (χ4n) is 1.99. The van der Waals surface area contributed by atoms with E-state index in [0.717, 1.165) is 29.9 Å². The maximum absolute atomic E-state index is 5.81. The Kier molecular flexibility index (Phi) is 5.95. The minimum Gasteiger partial charge on any atom is -0.497 e. The van der Waals surface area contributed by atoms with Gasteiger partial charge in [0.05, 0.1) is 14.2 Å². The fourth-order valence-corrected chi connectivity index (χ4v) is 1.99. The molecule has 4 nitrogen and oxygen atoms in total. The molecule has 1 rings (SSSR count). The van der Waals surface area contributed by atoms with Gasteiger partial charge in [-0.2, -0.15) is 0 Å². The van der Waals surface area contributed by atoms with E-state index in [1.807, 2.05) is 32.2 Å². The largest absolute Gasteiger partial charge is 0.497 e. The summed E-state index contributed by atoms with van der Waals surface area (Å²) in [5.74, 6) is 1.65. The Labute approximate surface area is 109 Å². The third-order valence-corrected chi connectivity index (χ3v) is 3.08. The lowest BCUT2D eigenvalue weighted by atomic mass is 9.99. The molecule has 0 heterocycles. The SMILES string of the molecule is CNC(CCC(C)N)c1ccc(OC)cc1OC. The van der Waals surface area contributed by atoms with Crippen LogP contribution in [0, 0.1) is 0 Å². The number of nitrogens with two attached hydrogens (primary N) is 1. The Bertz CT molecular complexity index is 367. The average Bonchev–Trinajstić information content (AvgIpc) is 2.39.